The topological polar surface area (TPSA) is 94.7 Å². The average molecular weight is 443 g/mol. The van der Waals surface area contributed by atoms with Gasteiger partial charge in [0.25, 0.3) is 5.22 Å². The Morgan fingerprint density at radius 1 is 1.27 bits per heavy atom. The van der Waals surface area contributed by atoms with Crippen LogP contribution in [0.5, 0.6) is 11.5 Å². The summed E-state index contributed by atoms with van der Waals surface area (Å²) in [5.74, 6) is 2.38. The molecule has 0 radical (unpaired) electrons. The second kappa shape index (κ2) is 9.87. The number of aliphatic carboxylic acids is 1. The number of halogens is 1. The van der Waals surface area contributed by atoms with E-state index in [0.29, 0.717) is 27.6 Å². The molecule has 3 rings (SSSR count). The minimum Gasteiger partial charge on any atom is -0.493 e. The number of rotatable bonds is 8. The predicted molar refractivity (Wildman–Crippen MR) is 114 cm³/mol. The van der Waals surface area contributed by atoms with E-state index in [0.717, 1.165) is 11.8 Å². The number of carboxylic acid groups (broad SMARTS) is 1. The van der Waals surface area contributed by atoms with Gasteiger partial charge < -0.3 is 19.0 Å². The molecule has 0 spiro atoms. The van der Waals surface area contributed by atoms with Gasteiger partial charge in [-0.3, -0.25) is 0 Å². The first-order valence-corrected chi connectivity index (χ1v) is 9.66. The van der Waals surface area contributed by atoms with Crippen LogP contribution in [0.4, 0.5) is 0 Å². The second-order valence-corrected chi connectivity index (χ2v) is 7.13. The van der Waals surface area contributed by atoms with Gasteiger partial charge in [-0.05, 0) is 59.8 Å². The molecule has 0 amide bonds. The fourth-order valence-electron chi connectivity index (χ4n) is 2.35. The molecule has 1 N–H and O–H groups in total. The number of thioether (sulfide) groups is 1. The first-order valence-electron chi connectivity index (χ1n) is 8.46. The summed E-state index contributed by atoms with van der Waals surface area (Å²) in [4.78, 5) is 11.7. The van der Waals surface area contributed by atoms with Crippen molar-refractivity contribution in [3.8, 4) is 35.3 Å². The highest BCUT2D eigenvalue weighted by Gasteiger charge is 2.16. The normalized spacial score (nSPS) is 11.0. The van der Waals surface area contributed by atoms with Crippen LogP contribution >= 0.6 is 23.4 Å². The van der Waals surface area contributed by atoms with Gasteiger partial charge in [0, 0.05) is 10.6 Å². The average Bonchev–Trinajstić information content (AvgIpc) is 3.21. The Bertz CT molecular complexity index is 1120. The minimum atomic E-state index is -1.14. The quantitative estimate of drug-likeness (QED) is 0.306. The lowest BCUT2D eigenvalue weighted by Crippen LogP contribution is -1.98. The summed E-state index contributed by atoms with van der Waals surface area (Å²) < 4.78 is 16.2. The van der Waals surface area contributed by atoms with Gasteiger partial charge in [0.05, 0.1) is 7.11 Å². The maximum atomic E-state index is 11.7. The van der Waals surface area contributed by atoms with Gasteiger partial charge in [-0.25, -0.2) is 4.79 Å². The van der Waals surface area contributed by atoms with E-state index in [1.54, 1.807) is 42.5 Å². The molecule has 2 aromatic carbocycles. The molecule has 152 valence electrons. The molecule has 30 heavy (non-hydrogen) atoms. The summed E-state index contributed by atoms with van der Waals surface area (Å²) >= 11 is 6.71. The van der Waals surface area contributed by atoms with Crippen LogP contribution in [0.1, 0.15) is 5.56 Å². The van der Waals surface area contributed by atoms with E-state index >= 15 is 0 Å². The van der Waals surface area contributed by atoms with E-state index in [-0.39, 0.29) is 22.6 Å². The Labute approximate surface area is 181 Å². The number of carboxylic acids is 1. The molecular weight excluding hydrogens is 428 g/mol. The monoisotopic (exact) mass is 442 g/mol. The van der Waals surface area contributed by atoms with Crippen LogP contribution in [-0.2, 0) is 4.79 Å². The van der Waals surface area contributed by atoms with Gasteiger partial charge in [0.2, 0.25) is 5.89 Å². The van der Waals surface area contributed by atoms with Crippen molar-refractivity contribution in [2.24, 2.45) is 0 Å². The van der Waals surface area contributed by atoms with Crippen molar-refractivity contribution in [3.05, 3.63) is 58.0 Å². The number of carbonyl (C=O) groups is 1. The highest BCUT2D eigenvalue weighted by Crippen LogP contribution is 2.33. The van der Waals surface area contributed by atoms with Crippen molar-refractivity contribution in [2.75, 3.05) is 13.7 Å². The highest BCUT2D eigenvalue weighted by molar-refractivity contribution is 8.03. The summed E-state index contributed by atoms with van der Waals surface area (Å²) in [6.07, 6.45) is 6.66. The third-order valence-electron chi connectivity index (χ3n) is 3.70. The molecular formula is C21H15ClN2O5S. The van der Waals surface area contributed by atoms with Crippen LogP contribution in [-0.4, -0.2) is 35.0 Å². The van der Waals surface area contributed by atoms with Gasteiger partial charge >= 0.3 is 5.97 Å². The minimum absolute atomic E-state index is 0.0133. The van der Waals surface area contributed by atoms with E-state index in [1.165, 1.54) is 13.2 Å². The number of nitrogens with zero attached hydrogens (tertiary/aromatic N) is 2. The van der Waals surface area contributed by atoms with Gasteiger partial charge in [-0.2, -0.15) is 0 Å². The van der Waals surface area contributed by atoms with Crippen molar-refractivity contribution < 1.29 is 23.8 Å². The van der Waals surface area contributed by atoms with Gasteiger partial charge in [0.1, 0.15) is 11.5 Å². The third kappa shape index (κ3) is 5.35. The zero-order valence-corrected chi connectivity index (χ0v) is 17.2. The van der Waals surface area contributed by atoms with E-state index in [9.17, 15) is 9.90 Å². The smallest absolute Gasteiger partial charge is 0.342 e. The maximum absolute atomic E-state index is 11.7. The number of benzene rings is 2. The second-order valence-electron chi connectivity index (χ2n) is 5.70. The summed E-state index contributed by atoms with van der Waals surface area (Å²) in [6, 6.07) is 11.8. The number of hydrogen-bond donors (Lipinski definition) is 1. The molecule has 0 aliphatic rings. The Morgan fingerprint density at radius 3 is 2.70 bits per heavy atom. The van der Waals surface area contributed by atoms with E-state index < -0.39 is 5.97 Å². The fraction of sp³-hybridized carbons (Fsp3) is 0.0952. The number of terminal acetylenes is 1. The molecule has 0 atom stereocenters. The van der Waals surface area contributed by atoms with Crippen LogP contribution in [0.2, 0.25) is 5.02 Å². The highest BCUT2D eigenvalue weighted by atomic mass is 35.5. The molecule has 1 heterocycles. The van der Waals surface area contributed by atoms with E-state index in [4.69, 9.17) is 31.9 Å². The Hall–Kier alpha value is -3.41. The number of aromatic nitrogens is 2. The first kappa shape index (κ1) is 21.3. The molecule has 9 heteroatoms. The standard InChI is InChI=1S/C21H15ClN2O5S/c1-3-10-28-16-9-4-13(11-17(16)27-2)12-18(20(25)26)30-21-24-23-19(29-21)14-5-7-15(22)8-6-14/h1,4-9,11-12H,10H2,2H3,(H,25,26)/b18-12-. The molecule has 0 fully saturated rings. The molecule has 0 unspecified atom stereocenters. The third-order valence-corrected chi connectivity index (χ3v) is 4.81. The molecule has 0 bridgehead atoms. The molecule has 1 aromatic heterocycles. The SMILES string of the molecule is C#CCOc1ccc(/C=C(\Sc2nnc(-c3ccc(Cl)cc3)o2)C(=O)O)cc1OC. The van der Waals surface area contributed by atoms with Gasteiger partial charge in [-0.15, -0.1) is 16.6 Å². The van der Waals surface area contributed by atoms with Crippen LogP contribution in [0.15, 0.2) is 57.0 Å². The van der Waals surface area contributed by atoms with Crippen molar-refractivity contribution in [3.63, 3.8) is 0 Å². The lowest BCUT2D eigenvalue weighted by molar-refractivity contribution is -0.131. The van der Waals surface area contributed by atoms with Crippen molar-refractivity contribution in [2.45, 2.75) is 5.22 Å². The van der Waals surface area contributed by atoms with Crippen molar-refractivity contribution in [1.29, 1.82) is 0 Å². The van der Waals surface area contributed by atoms with E-state index in [2.05, 4.69) is 16.1 Å². The Morgan fingerprint density at radius 2 is 2.03 bits per heavy atom. The summed E-state index contributed by atoms with van der Waals surface area (Å²) in [5.41, 5.74) is 1.26. The van der Waals surface area contributed by atoms with Crippen LogP contribution < -0.4 is 9.47 Å². The lowest BCUT2D eigenvalue weighted by atomic mass is 10.2. The molecule has 7 nitrogen and oxygen atoms in total. The predicted octanol–water partition coefficient (Wildman–Crippen LogP) is 4.63. The molecule has 3 aromatic rings. The number of ether oxygens (including phenoxy) is 2. The lowest BCUT2D eigenvalue weighted by Gasteiger charge is -2.09. The van der Waals surface area contributed by atoms with Crippen molar-refractivity contribution in [1.82, 2.24) is 10.2 Å². The zero-order valence-electron chi connectivity index (χ0n) is 15.7. The van der Waals surface area contributed by atoms with Crippen molar-refractivity contribution >= 4 is 35.4 Å². The Balaban J connectivity index is 1.83. The van der Waals surface area contributed by atoms with Crippen LogP contribution in [0.25, 0.3) is 17.5 Å². The molecule has 0 saturated carbocycles. The van der Waals surface area contributed by atoms with Crippen LogP contribution in [0, 0.1) is 12.3 Å². The zero-order chi connectivity index (χ0) is 21.5. The van der Waals surface area contributed by atoms with Gasteiger partial charge in [-0.1, -0.05) is 23.6 Å². The largest absolute Gasteiger partial charge is 0.493 e. The van der Waals surface area contributed by atoms with E-state index in [1.807, 2.05) is 0 Å². The van der Waals surface area contributed by atoms with Gasteiger partial charge in [0.15, 0.2) is 11.5 Å². The van der Waals surface area contributed by atoms with Crippen LogP contribution in [0.3, 0.4) is 0 Å². The molecule has 0 saturated heterocycles. The first-order chi connectivity index (χ1) is 14.5. The number of methoxy groups -OCH3 is 1. The molecule has 0 aliphatic heterocycles. The molecule has 0 aliphatic carbocycles. The summed E-state index contributed by atoms with van der Waals surface area (Å²) in [7, 11) is 1.48. The summed E-state index contributed by atoms with van der Waals surface area (Å²) in [6.45, 7) is 0.0922. The maximum Gasteiger partial charge on any atom is 0.342 e. The summed E-state index contributed by atoms with van der Waals surface area (Å²) in [5, 5.41) is 18.1. The number of hydrogen-bond acceptors (Lipinski definition) is 7. The Kier molecular flexibility index (Phi) is 7.01. The fourth-order valence-corrected chi connectivity index (χ4v) is 3.15.